The van der Waals surface area contributed by atoms with Gasteiger partial charge in [0.1, 0.15) is 5.75 Å². The van der Waals surface area contributed by atoms with Gasteiger partial charge < -0.3 is 4.74 Å². The SMILES string of the molecule is CCC1CCC(CC(=O)Oc2ccccc2)C1C(F)(F)F. The van der Waals surface area contributed by atoms with Gasteiger partial charge in [-0.15, -0.1) is 0 Å². The first kappa shape index (κ1) is 15.9. The molecule has 1 aliphatic rings. The maximum Gasteiger partial charge on any atom is 0.392 e. The van der Waals surface area contributed by atoms with Crippen molar-refractivity contribution in [2.75, 3.05) is 0 Å². The molecule has 5 heteroatoms. The van der Waals surface area contributed by atoms with Crippen LogP contribution in [0.5, 0.6) is 5.75 Å². The van der Waals surface area contributed by atoms with E-state index < -0.39 is 24.0 Å². The lowest BCUT2D eigenvalue weighted by Crippen LogP contribution is -2.32. The third kappa shape index (κ3) is 3.99. The molecule has 1 aliphatic carbocycles. The summed E-state index contributed by atoms with van der Waals surface area (Å²) in [6.45, 7) is 1.77. The zero-order valence-corrected chi connectivity index (χ0v) is 11.9. The molecule has 2 nitrogen and oxygen atoms in total. The van der Waals surface area contributed by atoms with E-state index in [-0.39, 0.29) is 12.3 Å². The van der Waals surface area contributed by atoms with Crippen LogP contribution in [0.25, 0.3) is 0 Å². The lowest BCUT2D eigenvalue weighted by molar-refractivity contribution is -0.196. The highest BCUT2D eigenvalue weighted by Gasteiger charge is 2.52. The molecule has 0 spiro atoms. The molecule has 0 aromatic heterocycles. The standard InChI is InChI=1S/C16H19F3O2/c1-2-11-8-9-12(15(11)16(17,18)19)10-14(20)21-13-6-4-3-5-7-13/h3-7,11-12,15H,2,8-10H2,1H3. The average Bonchev–Trinajstić information content (AvgIpc) is 2.82. The summed E-state index contributed by atoms with van der Waals surface area (Å²) in [5.41, 5.74) is 0. The number of para-hydroxylation sites is 1. The predicted octanol–water partition coefficient (Wildman–Crippen LogP) is 4.60. The summed E-state index contributed by atoms with van der Waals surface area (Å²) in [5.74, 6) is -2.63. The summed E-state index contributed by atoms with van der Waals surface area (Å²) >= 11 is 0. The van der Waals surface area contributed by atoms with Gasteiger partial charge in [-0.05, 0) is 36.8 Å². The van der Waals surface area contributed by atoms with Gasteiger partial charge in [0.05, 0.1) is 5.92 Å². The van der Waals surface area contributed by atoms with Crippen molar-refractivity contribution in [3.8, 4) is 5.75 Å². The first-order valence-electron chi connectivity index (χ1n) is 7.24. The molecule has 0 saturated heterocycles. The molecule has 0 radical (unpaired) electrons. The second kappa shape index (κ2) is 6.50. The Bertz CT molecular complexity index is 470. The first-order valence-corrected chi connectivity index (χ1v) is 7.24. The van der Waals surface area contributed by atoms with Gasteiger partial charge in [-0.25, -0.2) is 0 Å². The van der Waals surface area contributed by atoms with Crippen LogP contribution < -0.4 is 4.74 Å². The fourth-order valence-corrected chi connectivity index (χ4v) is 3.27. The third-order valence-electron chi connectivity index (χ3n) is 4.23. The lowest BCUT2D eigenvalue weighted by atomic mass is 9.85. The van der Waals surface area contributed by atoms with E-state index in [0.29, 0.717) is 25.0 Å². The number of halogens is 3. The van der Waals surface area contributed by atoms with Gasteiger partial charge in [-0.1, -0.05) is 31.5 Å². The second-order valence-electron chi connectivity index (χ2n) is 5.56. The smallest absolute Gasteiger partial charge is 0.392 e. The van der Waals surface area contributed by atoms with Crippen molar-refractivity contribution in [1.29, 1.82) is 0 Å². The summed E-state index contributed by atoms with van der Waals surface area (Å²) < 4.78 is 44.6. The van der Waals surface area contributed by atoms with E-state index in [1.165, 1.54) is 0 Å². The summed E-state index contributed by atoms with van der Waals surface area (Å²) in [5, 5.41) is 0. The quantitative estimate of drug-likeness (QED) is 0.600. The molecule has 0 N–H and O–H groups in total. The minimum Gasteiger partial charge on any atom is -0.427 e. The Balaban J connectivity index is 1.99. The molecular weight excluding hydrogens is 281 g/mol. The molecule has 21 heavy (non-hydrogen) atoms. The van der Waals surface area contributed by atoms with Crippen LogP contribution in [0.2, 0.25) is 0 Å². The summed E-state index contributed by atoms with van der Waals surface area (Å²) in [7, 11) is 0. The zero-order valence-electron chi connectivity index (χ0n) is 11.9. The molecule has 0 amide bonds. The molecule has 3 unspecified atom stereocenters. The molecule has 2 rings (SSSR count). The van der Waals surface area contributed by atoms with Crippen molar-refractivity contribution >= 4 is 5.97 Å². The molecule has 116 valence electrons. The van der Waals surface area contributed by atoms with Gasteiger partial charge in [0.15, 0.2) is 0 Å². The zero-order chi connectivity index (χ0) is 15.5. The van der Waals surface area contributed by atoms with Gasteiger partial charge in [0.2, 0.25) is 0 Å². The number of hydrogen-bond donors (Lipinski definition) is 0. The predicted molar refractivity (Wildman–Crippen MR) is 72.7 cm³/mol. The van der Waals surface area contributed by atoms with Gasteiger partial charge in [-0.3, -0.25) is 4.79 Å². The molecule has 1 aromatic rings. The molecule has 0 aliphatic heterocycles. The molecule has 3 atom stereocenters. The minimum absolute atomic E-state index is 0.171. The Morgan fingerprint density at radius 3 is 2.38 bits per heavy atom. The molecule has 1 fully saturated rings. The van der Waals surface area contributed by atoms with Crippen LogP contribution in [0.3, 0.4) is 0 Å². The average molecular weight is 300 g/mol. The van der Waals surface area contributed by atoms with E-state index in [1.54, 1.807) is 37.3 Å². The Kier molecular flexibility index (Phi) is 4.91. The van der Waals surface area contributed by atoms with Crippen molar-refractivity contribution < 1.29 is 22.7 Å². The Morgan fingerprint density at radius 1 is 1.19 bits per heavy atom. The molecule has 1 aromatic carbocycles. The molecule has 0 heterocycles. The van der Waals surface area contributed by atoms with Crippen LogP contribution in [-0.4, -0.2) is 12.1 Å². The molecule has 0 bridgehead atoms. The molecular formula is C16H19F3O2. The van der Waals surface area contributed by atoms with E-state index >= 15 is 0 Å². The van der Waals surface area contributed by atoms with E-state index in [4.69, 9.17) is 4.74 Å². The number of carbonyl (C=O) groups is 1. The number of carbonyl (C=O) groups excluding carboxylic acids is 1. The molecule has 1 saturated carbocycles. The van der Waals surface area contributed by atoms with Crippen molar-refractivity contribution in [3.63, 3.8) is 0 Å². The van der Waals surface area contributed by atoms with Crippen LogP contribution in [0.4, 0.5) is 13.2 Å². The number of hydrogen-bond acceptors (Lipinski definition) is 2. The fourth-order valence-electron chi connectivity index (χ4n) is 3.27. The van der Waals surface area contributed by atoms with Crippen LogP contribution >= 0.6 is 0 Å². The highest BCUT2D eigenvalue weighted by Crippen LogP contribution is 2.49. The number of rotatable bonds is 4. The summed E-state index contributed by atoms with van der Waals surface area (Å²) in [6, 6.07) is 8.43. The van der Waals surface area contributed by atoms with E-state index in [9.17, 15) is 18.0 Å². The van der Waals surface area contributed by atoms with Gasteiger partial charge >= 0.3 is 12.1 Å². The van der Waals surface area contributed by atoms with Crippen LogP contribution in [-0.2, 0) is 4.79 Å². The first-order chi connectivity index (χ1) is 9.91. The monoisotopic (exact) mass is 300 g/mol. The Labute approximate surface area is 122 Å². The number of benzene rings is 1. The highest BCUT2D eigenvalue weighted by atomic mass is 19.4. The number of ether oxygens (including phenoxy) is 1. The van der Waals surface area contributed by atoms with E-state index in [0.717, 1.165) is 0 Å². The van der Waals surface area contributed by atoms with Crippen LogP contribution in [0, 0.1) is 17.8 Å². The van der Waals surface area contributed by atoms with Gasteiger partial charge in [-0.2, -0.15) is 13.2 Å². The van der Waals surface area contributed by atoms with Gasteiger partial charge in [0, 0.05) is 6.42 Å². The fraction of sp³-hybridized carbons (Fsp3) is 0.562. The second-order valence-corrected chi connectivity index (χ2v) is 5.56. The summed E-state index contributed by atoms with van der Waals surface area (Å²) in [4.78, 5) is 11.8. The minimum atomic E-state index is -4.24. The van der Waals surface area contributed by atoms with E-state index in [1.807, 2.05) is 0 Å². The van der Waals surface area contributed by atoms with Gasteiger partial charge in [0.25, 0.3) is 0 Å². The lowest BCUT2D eigenvalue weighted by Gasteiger charge is -2.26. The maximum atomic E-state index is 13.2. The summed E-state index contributed by atoms with van der Waals surface area (Å²) in [6.07, 6.45) is -2.95. The van der Waals surface area contributed by atoms with Crippen molar-refractivity contribution in [1.82, 2.24) is 0 Å². The maximum absolute atomic E-state index is 13.2. The highest BCUT2D eigenvalue weighted by molar-refractivity contribution is 5.72. The topological polar surface area (TPSA) is 26.3 Å². The number of esters is 1. The third-order valence-corrected chi connectivity index (χ3v) is 4.23. The Morgan fingerprint density at radius 2 is 1.81 bits per heavy atom. The van der Waals surface area contributed by atoms with E-state index in [2.05, 4.69) is 0 Å². The number of alkyl halides is 3. The normalized spacial score (nSPS) is 25.8. The van der Waals surface area contributed by atoms with Crippen molar-refractivity contribution in [3.05, 3.63) is 30.3 Å². The van der Waals surface area contributed by atoms with Crippen molar-refractivity contribution in [2.24, 2.45) is 17.8 Å². The van der Waals surface area contributed by atoms with Crippen LogP contribution in [0.15, 0.2) is 30.3 Å². The van der Waals surface area contributed by atoms with Crippen LogP contribution in [0.1, 0.15) is 32.6 Å². The largest absolute Gasteiger partial charge is 0.427 e. The Hall–Kier alpha value is -1.52. The van der Waals surface area contributed by atoms with Crippen molar-refractivity contribution in [2.45, 2.75) is 38.8 Å².